The summed E-state index contributed by atoms with van der Waals surface area (Å²) in [6.45, 7) is 5.20. The molecule has 0 aliphatic carbocycles. The Morgan fingerprint density at radius 3 is 2.32 bits per heavy atom. The van der Waals surface area contributed by atoms with Gasteiger partial charge < -0.3 is 9.84 Å². The van der Waals surface area contributed by atoms with E-state index in [9.17, 15) is 13.9 Å². The summed E-state index contributed by atoms with van der Waals surface area (Å²) in [6.07, 6.45) is -3.69. The molecule has 134 valence electrons. The van der Waals surface area contributed by atoms with Gasteiger partial charge in [0.15, 0.2) is 0 Å². The fourth-order valence-electron chi connectivity index (χ4n) is 2.46. The summed E-state index contributed by atoms with van der Waals surface area (Å²) in [5, 5.41) is 10.5. The second kappa shape index (κ2) is 8.56. The Labute approximate surface area is 151 Å². The molecule has 2 aromatic carbocycles. The molecular formula is C20H21ClF2O2. The Kier molecular flexibility index (Phi) is 6.71. The van der Waals surface area contributed by atoms with Gasteiger partial charge in [-0.25, -0.2) is 8.78 Å². The Bertz CT molecular complexity index is 687. The minimum atomic E-state index is -3.48. The van der Waals surface area contributed by atoms with Gasteiger partial charge in [0, 0.05) is 5.02 Å². The van der Waals surface area contributed by atoms with Crippen LogP contribution in [-0.4, -0.2) is 17.1 Å². The van der Waals surface area contributed by atoms with Crippen molar-refractivity contribution in [2.24, 2.45) is 0 Å². The summed E-state index contributed by atoms with van der Waals surface area (Å²) in [5.74, 6) is -3.48. The van der Waals surface area contributed by atoms with Crippen molar-refractivity contribution in [1.29, 1.82) is 0 Å². The summed E-state index contributed by atoms with van der Waals surface area (Å²) in [4.78, 5) is 0. The molecule has 2 atom stereocenters. The first-order chi connectivity index (χ1) is 11.8. The van der Waals surface area contributed by atoms with E-state index < -0.39 is 18.1 Å². The Balaban J connectivity index is 2.27. The Morgan fingerprint density at radius 2 is 1.76 bits per heavy atom. The fourth-order valence-corrected chi connectivity index (χ4v) is 2.59. The van der Waals surface area contributed by atoms with Gasteiger partial charge in [-0.2, -0.15) is 0 Å². The maximum absolute atomic E-state index is 14.9. The molecule has 2 rings (SSSR count). The third kappa shape index (κ3) is 5.36. The van der Waals surface area contributed by atoms with E-state index in [0.717, 1.165) is 5.56 Å². The van der Waals surface area contributed by atoms with E-state index in [0.29, 0.717) is 10.6 Å². The largest absolute Gasteiger partial charge is 0.386 e. The molecule has 2 aromatic rings. The lowest BCUT2D eigenvalue weighted by molar-refractivity contribution is -0.200. The zero-order chi connectivity index (χ0) is 18.4. The highest BCUT2D eigenvalue weighted by molar-refractivity contribution is 6.30. The van der Waals surface area contributed by atoms with Crippen molar-refractivity contribution < 1.29 is 18.6 Å². The molecular weight excluding hydrogens is 346 g/mol. The Hall–Kier alpha value is -1.75. The molecule has 1 N–H and O–H groups in total. The van der Waals surface area contributed by atoms with Gasteiger partial charge in [-0.1, -0.05) is 59.6 Å². The van der Waals surface area contributed by atoms with Crippen LogP contribution < -0.4 is 0 Å². The molecule has 0 amide bonds. The van der Waals surface area contributed by atoms with Gasteiger partial charge in [0.25, 0.3) is 0 Å². The molecule has 0 saturated heterocycles. The Morgan fingerprint density at radius 1 is 1.16 bits per heavy atom. The van der Waals surface area contributed by atoms with Crippen LogP contribution in [0.2, 0.25) is 5.02 Å². The normalized spacial score (nSPS) is 14.1. The van der Waals surface area contributed by atoms with Crippen molar-refractivity contribution >= 4 is 11.6 Å². The van der Waals surface area contributed by atoms with Gasteiger partial charge in [-0.05, 0) is 36.6 Å². The predicted molar refractivity (Wildman–Crippen MR) is 95.8 cm³/mol. The molecule has 0 radical (unpaired) electrons. The summed E-state index contributed by atoms with van der Waals surface area (Å²) < 4.78 is 35.3. The average molecular weight is 367 g/mol. The van der Waals surface area contributed by atoms with Crippen LogP contribution in [-0.2, 0) is 11.3 Å². The van der Waals surface area contributed by atoms with Crippen LogP contribution in [0.3, 0.4) is 0 Å². The second-order valence-electron chi connectivity index (χ2n) is 6.08. The monoisotopic (exact) mass is 366 g/mol. The van der Waals surface area contributed by atoms with E-state index >= 15 is 0 Å². The maximum Gasteiger partial charge on any atom is 0.303 e. The van der Waals surface area contributed by atoms with Gasteiger partial charge in [-0.3, -0.25) is 0 Å². The number of benzene rings is 2. The van der Waals surface area contributed by atoms with Gasteiger partial charge in [0.2, 0.25) is 0 Å². The summed E-state index contributed by atoms with van der Waals surface area (Å²) >= 11 is 5.85. The highest BCUT2D eigenvalue weighted by atomic mass is 35.5. The molecule has 0 unspecified atom stereocenters. The van der Waals surface area contributed by atoms with Crippen LogP contribution >= 0.6 is 11.6 Å². The lowest BCUT2D eigenvalue weighted by Gasteiger charge is -2.31. The minimum Gasteiger partial charge on any atom is -0.386 e. The first kappa shape index (κ1) is 19.6. The molecule has 0 saturated carbocycles. The van der Waals surface area contributed by atoms with Crippen molar-refractivity contribution in [2.45, 2.75) is 38.1 Å². The van der Waals surface area contributed by atoms with Gasteiger partial charge in [0.05, 0.1) is 6.61 Å². The lowest BCUT2D eigenvalue weighted by atomic mass is 9.95. The van der Waals surface area contributed by atoms with Gasteiger partial charge in [0.1, 0.15) is 12.2 Å². The smallest absolute Gasteiger partial charge is 0.303 e. The maximum atomic E-state index is 14.9. The minimum absolute atomic E-state index is 0.00349. The van der Waals surface area contributed by atoms with Crippen molar-refractivity contribution in [2.75, 3.05) is 0 Å². The van der Waals surface area contributed by atoms with E-state index in [1.165, 1.54) is 24.3 Å². The molecule has 0 spiro atoms. The molecule has 0 bridgehead atoms. The predicted octanol–water partition coefficient (Wildman–Crippen LogP) is 5.56. The standard InChI is InChI=1S/C20H21ClF2O2/c1-14(2)12-18(24)20(22,23)19(16-8-10-17(21)11-9-16)25-13-15-6-4-3-5-7-15/h3-11,18-19,24H,1,12-13H2,2H3/t18-,19-/m1/s1. The average Bonchev–Trinajstić information content (AvgIpc) is 2.57. The zero-order valence-corrected chi connectivity index (χ0v) is 14.7. The van der Waals surface area contributed by atoms with Crippen LogP contribution in [0, 0.1) is 0 Å². The van der Waals surface area contributed by atoms with Crippen LogP contribution in [0.4, 0.5) is 8.78 Å². The van der Waals surface area contributed by atoms with Crippen molar-refractivity contribution in [3.63, 3.8) is 0 Å². The van der Waals surface area contributed by atoms with Crippen molar-refractivity contribution in [1.82, 2.24) is 0 Å². The number of hydrogen-bond acceptors (Lipinski definition) is 2. The molecule has 5 heteroatoms. The number of rotatable bonds is 8. The highest BCUT2D eigenvalue weighted by Gasteiger charge is 2.48. The molecule has 2 nitrogen and oxygen atoms in total. The van der Waals surface area contributed by atoms with Crippen LogP contribution in [0.1, 0.15) is 30.6 Å². The first-order valence-corrected chi connectivity index (χ1v) is 8.29. The molecule has 0 heterocycles. The molecule has 0 aliphatic rings. The number of alkyl halides is 2. The van der Waals surface area contributed by atoms with E-state index in [1.807, 2.05) is 18.2 Å². The molecule has 25 heavy (non-hydrogen) atoms. The third-order valence-electron chi connectivity index (χ3n) is 3.77. The number of aliphatic hydroxyl groups excluding tert-OH is 1. The lowest BCUT2D eigenvalue weighted by Crippen LogP contribution is -2.41. The van der Waals surface area contributed by atoms with Crippen LogP contribution in [0.15, 0.2) is 66.7 Å². The summed E-state index contributed by atoms with van der Waals surface area (Å²) in [6, 6.07) is 15.1. The van der Waals surface area contributed by atoms with Crippen LogP contribution in [0.25, 0.3) is 0 Å². The fraction of sp³-hybridized carbons (Fsp3) is 0.300. The van der Waals surface area contributed by atoms with E-state index in [2.05, 4.69) is 6.58 Å². The molecule has 0 aliphatic heterocycles. The van der Waals surface area contributed by atoms with Gasteiger partial charge >= 0.3 is 5.92 Å². The SMILES string of the molecule is C=C(C)C[C@@H](O)C(F)(F)[C@H](OCc1ccccc1)c1ccc(Cl)cc1. The zero-order valence-electron chi connectivity index (χ0n) is 14.0. The quantitative estimate of drug-likeness (QED) is 0.620. The molecule has 0 fully saturated rings. The van der Waals surface area contributed by atoms with Crippen LogP contribution in [0.5, 0.6) is 0 Å². The van der Waals surface area contributed by atoms with E-state index in [-0.39, 0.29) is 18.6 Å². The first-order valence-electron chi connectivity index (χ1n) is 7.92. The van der Waals surface area contributed by atoms with E-state index in [1.54, 1.807) is 19.1 Å². The van der Waals surface area contributed by atoms with Gasteiger partial charge in [-0.15, -0.1) is 6.58 Å². The van der Waals surface area contributed by atoms with Crippen molar-refractivity contribution in [3.8, 4) is 0 Å². The number of hydrogen-bond donors (Lipinski definition) is 1. The second-order valence-corrected chi connectivity index (χ2v) is 6.52. The number of aliphatic hydroxyl groups is 1. The summed E-state index contributed by atoms with van der Waals surface area (Å²) in [5.41, 5.74) is 1.50. The van der Waals surface area contributed by atoms with E-state index in [4.69, 9.17) is 16.3 Å². The third-order valence-corrected chi connectivity index (χ3v) is 4.02. The topological polar surface area (TPSA) is 29.5 Å². The highest BCUT2D eigenvalue weighted by Crippen LogP contribution is 2.40. The van der Waals surface area contributed by atoms with Crippen molar-refractivity contribution in [3.05, 3.63) is 82.9 Å². The summed E-state index contributed by atoms with van der Waals surface area (Å²) in [7, 11) is 0. The molecule has 0 aromatic heterocycles. The number of ether oxygens (including phenoxy) is 1. The number of halogens is 3.